The van der Waals surface area contributed by atoms with Gasteiger partial charge in [-0.2, -0.15) is 0 Å². The fourth-order valence-electron chi connectivity index (χ4n) is 1.80. The van der Waals surface area contributed by atoms with Crippen molar-refractivity contribution >= 4 is 11.9 Å². The van der Waals surface area contributed by atoms with Gasteiger partial charge in [0.15, 0.2) is 6.61 Å². The zero-order valence-corrected chi connectivity index (χ0v) is 11.8. The van der Waals surface area contributed by atoms with E-state index in [1.807, 2.05) is 51.1 Å². The minimum absolute atomic E-state index is 0.0696. The molecule has 0 aliphatic carbocycles. The molecule has 104 valence electrons. The van der Waals surface area contributed by atoms with E-state index in [-0.39, 0.29) is 12.5 Å². The highest BCUT2D eigenvalue weighted by atomic mass is 16.5. The first kappa shape index (κ1) is 14.0. The van der Waals surface area contributed by atoms with Crippen molar-refractivity contribution in [2.24, 2.45) is 0 Å². The van der Waals surface area contributed by atoms with Gasteiger partial charge in [0, 0.05) is 11.4 Å². The third-order valence-corrected chi connectivity index (χ3v) is 2.59. The molecular weight excluding hydrogens is 254 g/mol. The summed E-state index contributed by atoms with van der Waals surface area (Å²) in [7, 11) is 0. The van der Waals surface area contributed by atoms with Gasteiger partial charge in [0.1, 0.15) is 5.75 Å². The van der Waals surface area contributed by atoms with Gasteiger partial charge in [-0.3, -0.25) is 10.1 Å². The van der Waals surface area contributed by atoms with Gasteiger partial charge >= 0.3 is 0 Å². The Bertz CT molecular complexity index is 606. The zero-order valence-electron chi connectivity index (χ0n) is 11.8. The second-order valence-corrected chi connectivity index (χ2v) is 4.63. The van der Waals surface area contributed by atoms with Crippen molar-refractivity contribution in [1.29, 1.82) is 0 Å². The summed E-state index contributed by atoms with van der Waals surface area (Å²) in [5.41, 5.74) is 2.71. The monoisotopic (exact) mass is 271 g/mol. The molecule has 0 bridgehead atoms. The van der Waals surface area contributed by atoms with Gasteiger partial charge in [-0.1, -0.05) is 12.1 Å². The lowest BCUT2D eigenvalue weighted by atomic mass is 10.2. The number of aryl methyl sites for hydroxylation is 3. The van der Waals surface area contributed by atoms with Crippen molar-refractivity contribution in [2.75, 3.05) is 11.9 Å². The van der Waals surface area contributed by atoms with Crippen LogP contribution >= 0.6 is 0 Å². The lowest BCUT2D eigenvalue weighted by Crippen LogP contribution is -2.21. The maximum atomic E-state index is 11.8. The molecule has 0 aliphatic rings. The first-order valence-corrected chi connectivity index (χ1v) is 6.34. The maximum absolute atomic E-state index is 11.8. The Morgan fingerprint density at radius 1 is 1.15 bits per heavy atom. The molecule has 0 unspecified atom stereocenters. The number of anilines is 1. The quantitative estimate of drug-likeness (QED) is 0.927. The van der Waals surface area contributed by atoms with E-state index in [0.717, 1.165) is 17.0 Å². The molecule has 1 N–H and O–H groups in total. The fourth-order valence-corrected chi connectivity index (χ4v) is 1.80. The van der Waals surface area contributed by atoms with Gasteiger partial charge in [-0.25, -0.2) is 9.97 Å². The van der Waals surface area contributed by atoms with Crippen LogP contribution in [0.2, 0.25) is 0 Å². The van der Waals surface area contributed by atoms with Crippen LogP contribution in [0.4, 0.5) is 5.95 Å². The smallest absolute Gasteiger partial charge is 0.264 e. The van der Waals surface area contributed by atoms with Gasteiger partial charge in [0.2, 0.25) is 5.95 Å². The molecule has 0 radical (unpaired) electrons. The minimum atomic E-state index is -0.281. The van der Waals surface area contributed by atoms with Crippen molar-refractivity contribution in [3.8, 4) is 5.75 Å². The van der Waals surface area contributed by atoms with E-state index in [9.17, 15) is 4.79 Å². The van der Waals surface area contributed by atoms with E-state index in [0.29, 0.717) is 11.7 Å². The number of hydrogen-bond acceptors (Lipinski definition) is 4. The van der Waals surface area contributed by atoms with Crippen LogP contribution in [-0.2, 0) is 4.79 Å². The van der Waals surface area contributed by atoms with E-state index in [1.165, 1.54) is 0 Å². The zero-order chi connectivity index (χ0) is 14.5. The van der Waals surface area contributed by atoms with Crippen LogP contribution in [0.15, 0.2) is 30.3 Å². The largest absolute Gasteiger partial charge is 0.484 e. The number of carbonyl (C=O) groups is 1. The summed E-state index contributed by atoms with van der Waals surface area (Å²) < 4.78 is 5.41. The van der Waals surface area contributed by atoms with Gasteiger partial charge in [0.25, 0.3) is 5.91 Å². The maximum Gasteiger partial charge on any atom is 0.264 e. The van der Waals surface area contributed by atoms with Gasteiger partial charge in [-0.05, 0) is 44.5 Å². The summed E-state index contributed by atoms with van der Waals surface area (Å²) in [6, 6.07) is 9.39. The summed E-state index contributed by atoms with van der Waals surface area (Å²) >= 11 is 0. The first-order chi connectivity index (χ1) is 9.52. The molecule has 0 aliphatic heterocycles. The Balaban J connectivity index is 1.92. The summed E-state index contributed by atoms with van der Waals surface area (Å²) in [6.45, 7) is 5.61. The average Bonchev–Trinajstić information content (AvgIpc) is 2.35. The number of ether oxygens (including phenoxy) is 1. The molecule has 0 atom stereocenters. The Morgan fingerprint density at radius 2 is 1.85 bits per heavy atom. The van der Waals surface area contributed by atoms with E-state index in [1.54, 1.807) is 0 Å². The Labute approximate surface area is 118 Å². The van der Waals surface area contributed by atoms with Gasteiger partial charge in [-0.15, -0.1) is 0 Å². The molecule has 1 heterocycles. The van der Waals surface area contributed by atoms with Crippen molar-refractivity contribution in [3.05, 3.63) is 47.3 Å². The van der Waals surface area contributed by atoms with Crippen molar-refractivity contribution in [3.63, 3.8) is 0 Å². The van der Waals surface area contributed by atoms with Crippen LogP contribution in [0, 0.1) is 20.8 Å². The summed E-state index contributed by atoms with van der Waals surface area (Å²) in [6.07, 6.45) is 0. The van der Waals surface area contributed by atoms with Crippen molar-refractivity contribution in [2.45, 2.75) is 20.8 Å². The van der Waals surface area contributed by atoms with Gasteiger partial charge < -0.3 is 4.74 Å². The molecule has 2 rings (SSSR count). The second kappa shape index (κ2) is 6.14. The third-order valence-electron chi connectivity index (χ3n) is 2.59. The number of nitrogens with zero attached hydrogens (tertiary/aromatic N) is 2. The van der Waals surface area contributed by atoms with Crippen LogP contribution in [-0.4, -0.2) is 22.5 Å². The number of aromatic nitrogens is 2. The molecule has 1 aromatic carbocycles. The highest BCUT2D eigenvalue weighted by Crippen LogP contribution is 2.12. The van der Waals surface area contributed by atoms with Crippen LogP contribution in [0.3, 0.4) is 0 Å². The number of benzene rings is 1. The molecule has 0 saturated heterocycles. The molecular formula is C15H17N3O2. The normalized spacial score (nSPS) is 10.2. The molecule has 20 heavy (non-hydrogen) atoms. The summed E-state index contributed by atoms with van der Waals surface area (Å²) in [5, 5.41) is 2.62. The predicted octanol–water partition coefficient (Wildman–Crippen LogP) is 2.42. The van der Waals surface area contributed by atoms with Crippen molar-refractivity contribution in [1.82, 2.24) is 9.97 Å². The van der Waals surface area contributed by atoms with Crippen molar-refractivity contribution < 1.29 is 9.53 Å². The molecule has 0 spiro atoms. The number of carbonyl (C=O) groups excluding carboxylic acids is 1. The molecule has 5 heteroatoms. The molecule has 1 amide bonds. The Hall–Kier alpha value is -2.43. The number of nitrogens with one attached hydrogen (secondary N) is 1. The Kier molecular flexibility index (Phi) is 4.30. The molecule has 1 aromatic heterocycles. The van der Waals surface area contributed by atoms with E-state index in [2.05, 4.69) is 15.3 Å². The van der Waals surface area contributed by atoms with Crippen LogP contribution in [0.25, 0.3) is 0 Å². The molecule has 2 aromatic rings. The minimum Gasteiger partial charge on any atom is -0.484 e. The number of rotatable bonds is 4. The number of amides is 1. The van der Waals surface area contributed by atoms with Gasteiger partial charge in [0.05, 0.1) is 0 Å². The first-order valence-electron chi connectivity index (χ1n) is 6.34. The average molecular weight is 271 g/mol. The lowest BCUT2D eigenvalue weighted by molar-refractivity contribution is -0.118. The third kappa shape index (κ3) is 4.05. The van der Waals surface area contributed by atoms with Crippen LogP contribution in [0.5, 0.6) is 5.75 Å². The Morgan fingerprint density at radius 3 is 2.50 bits per heavy atom. The van der Waals surface area contributed by atoms with E-state index in [4.69, 9.17) is 4.74 Å². The number of hydrogen-bond donors (Lipinski definition) is 1. The van der Waals surface area contributed by atoms with E-state index >= 15 is 0 Å². The summed E-state index contributed by atoms with van der Waals surface area (Å²) in [4.78, 5) is 20.1. The standard InChI is InChI=1S/C15H17N3O2/c1-10-5-4-6-13(7-10)20-9-14(19)18-15-16-11(2)8-12(3)17-15/h4-8H,9H2,1-3H3,(H,16,17,18,19). The highest BCUT2D eigenvalue weighted by molar-refractivity contribution is 5.90. The SMILES string of the molecule is Cc1cccc(OCC(=O)Nc2nc(C)cc(C)n2)c1. The summed E-state index contributed by atoms with van der Waals surface area (Å²) in [5.74, 6) is 0.693. The van der Waals surface area contributed by atoms with Crippen LogP contribution in [0.1, 0.15) is 17.0 Å². The molecule has 5 nitrogen and oxygen atoms in total. The predicted molar refractivity (Wildman–Crippen MR) is 76.8 cm³/mol. The molecule has 0 fully saturated rings. The molecule has 0 saturated carbocycles. The van der Waals surface area contributed by atoms with E-state index < -0.39 is 0 Å². The topological polar surface area (TPSA) is 64.1 Å². The second-order valence-electron chi connectivity index (χ2n) is 4.63. The van der Waals surface area contributed by atoms with Crippen LogP contribution < -0.4 is 10.1 Å². The fraction of sp³-hybridized carbons (Fsp3) is 0.267. The highest BCUT2D eigenvalue weighted by Gasteiger charge is 2.06. The lowest BCUT2D eigenvalue weighted by Gasteiger charge is -2.08.